The Morgan fingerprint density at radius 2 is 1.12 bits per heavy atom. The van der Waals surface area contributed by atoms with E-state index in [-0.39, 0.29) is 23.8 Å². The molecule has 0 unspecified atom stereocenters. The van der Waals surface area contributed by atoms with Crippen LogP contribution in [0.3, 0.4) is 0 Å². The highest BCUT2D eigenvalue weighted by atomic mass is 32.2. The van der Waals surface area contributed by atoms with Crippen LogP contribution in [0.15, 0.2) is 53.4 Å². The van der Waals surface area contributed by atoms with Gasteiger partial charge in [0.1, 0.15) is 17.2 Å². The van der Waals surface area contributed by atoms with Gasteiger partial charge in [-0.25, -0.2) is 0 Å². The zero-order valence-electron chi connectivity index (χ0n) is 23.9. The molecule has 0 radical (unpaired) electrons. The molecule has 0 N–H and O–H groups in total. The lowest BCUT2D eigenvalue weighted by molar-refractivity contribution is -0.145. The summed E-state index contributed by atoms with van der Waals surface area (Å²) in [4.78, 5) is 26.6. The summed E-state index contributed by atoms with van der Waals surface area (Å²) >= 11 is 5.75. The monoisotopic (exact) mass is 604 g/mol. The summed E-state index contributed by atoms with van der Waals surface area (Å²) in [5, 5.41) is 0. The second-order valence-corrected chi connectivity index (χ2v) is 13.6. The standard InChI is InChI=1S/C32H44O5S3/c1-3-5-20-38-22-19-35-27-11-13-28(14-12-27)36-31(33)25-7-9-26(10-8-25)32(34)37-29-15-17-30(18-16-29)40-24-23-39-21-6-4-2/h11-18,25-26H,3-10,19-24H2,1-2H3/t25-,26-. The first-order chi connectivity index (χ1) is 19.6. The normalized spacial score (nSPS) is 16.9. The van der Waals surface area contributed by atoms with Crippen molar-refractivity contribution in [3.05, 3.63) is 48.5 Å². The van der Waals surface area contributed by atoms with Crippen LogP contribution in [0.2, 0.25) is 0 Å². The third kappa shape index (κ3) is 12.4. The molecule has 1 saturated carbocycles. The number of hydrogen-bond acceptors (Lipinski definition) is 8. The van der Waals surface area contributed by atoms with Gasteiger partial charge in [0.15, 0.2) is 0 Å². The van der Waals surface area contributed by atoms with Crippen LogP contribution in [0.25, 0.3) is 0 Å². The maximum atomic E-state index is 12.7. The van der Waals surface area contributed by atoms with Gasteiger partial charge in [-0.3, -0.25) is 9.59 Å². The largest absolute Gasteiger partial charge is 0.493 e. The van der Waals surface area contributed by atoms with E-state index in [4.69, 9.17) is 14.2 Å². The first kappa shape index (κ1) is 32.7. The molecule has 220 valence electrons. The molecule has 0 bridgehead atoms. The first-order valence-electron chi connectivity index (χ1n) is 14.6. The summed E-state index contributed by atoms with van der Waals surface area (Å²) in [5.74, 6) is 6.66. The molecule has 1 aliphatic rings. The molecule has 0 atom stereocenters. The maximum Gasteiger partial charge on any atom is 0.314 e. The van der Waals surface area contributed by atoms with Crippen LogP contribution in [0.4, 0.5) is 0 Å². The molecule has 5 nitrogen and oxygen atoms in total. The molecule has 2 aromatic carbocycles. The molecule has 0 heterocycles. The van der Waals surface area contributed by atoms with Crippen LogP contribution < -0.4 is 14.2 Å². The average Bonchev–Trinajstić information content (AvgIpc) is 2.98. The summed E-state index contributed by atoms with van der Waals surface area (Å²) in [6.45, 7) is 5.09. The van der Waals surface area contributed by atoms with E-state index in [1.807, 2.05) is 71.7 Å². The van der Waals surface area contributed by atoms with Crippen molar-refractivity contribution in [1.82, 2.24) is 0 Å². The number of carbonyl (C=O) groups excluding carboxylic acids is 2. The smallest absolute Gasteiger partial charge is 0.314 e. The van der Waals surface area contributed by atoms with Crippen molar-refractivity contribution in [2.24, 2.45) is 11.8 Å². The molecule has 3 rings (SSSR count). The van der Waals surface area contributed by atoms with Crippen molar-refractivity contribution in [3.8, 4) is 17.2 Å². The summed E-state index contributed by atoms with van der Waals surface area (Å²) in [6.07, 6.45) is 7.50. The Kier molecular flexibility index (Phi) is 15.9. The third-order valence-corrected chi connectivity index (χ3v) is 10.1. The topological polar surface area (TPSA) is 61.8 Å². The van der Waals surface area contributed by atoms with Gasteiger partial charge < -0.3 is 14.2 Å². The highest BCUT2D eigenvalue weighted by Crippen LogP contribution is 2.32. The molecular weight excluding hydrogens is 561 g/mol. The zero-order chi connectivity index (χ0) is 28.4. The van der Waals surface area contributed by atoms with Crippen molar-refractivity contribution < 1.29 is 23.8 Å². The minimum atomic E-state index is -0.232. The fourth-order valence-electron chi connectivity index (χ4n) is 4.31. The number of ether oxygens (including phenoxy) is 3. The van der Waals surface area contributed by atoms with Crippen molar-refractivity contribution >= 4 is 47.2 Å². The Balaban J connectivity index is 1.32. The number of esters is 2. The van der Waals surface area contributed by atoms with Gasteiger partial charge in [0, 0.05) is 22.2 Å². The van der Waals surface area contributed by atoms with E-state index >= 15 is 0 Å². The maximum absolute atomic E-state index is 12.7. The highest BCUT2D eigenvalue weighted by Gasteiger charge is 2.32. The molecule has 1 aliphatic carbocycles. The van der Waals surface area contributed by atoms with Gasteiger partial charge in [-0.1, -0.05) is 26.7 Å². The number of hydrogen-bond donors (Lipinski definition) is 0. The molecule has 0 aliphatic heterocycles. The predicted molar refractivity (Wildman–Crippen MR) is 170 cm³/mol. The number of rotatable bonds is 18. The van der Waals surface area contributed by atoms with Crippen LogP contribution in [-0.4, -0.2) is 47.3 Å². The Labute approximate surface area is 253 Å². The number of thioether (sulfide) groups is 3. The minimum Gasteiger partial charge on any atom is -0.493 e. The van der Waals surface area contributed by atoms with E-state index in [1.54, 1.807) is 12.1 Å². The lowest BCUT2D eigenvalue weighted by Crippen LogP contribution is -2.30. The molecule has 8 heteroatoms. The summed E-state index contributed by atoms with van der Waals surface area (Å²) in [5.41, 5.74) is 0. The van der Waals surface area contributed by atoms with Crippen LogP contribution in [0, 0.1) is 11.8 Å². The first-order valence-corrected chi connectivity index (χ1v) is 17.9. The van der Waals surface area contributed by atoms with Gasteiger partial charge in [-0.2, -0.15) is 23.5 Å². The second-order valence-electron chi connectivity index (χ2n) is 9.96. The van der Waals surface area contributed by atoms with E-state index in [9.17, 15) is 9.59 Å². The van der Waals surface area contributed by atoms with Gasteiger partial charge in [0.05, 0.1) is 18.4 Å². The molecule has 0 saturated heterocycles. The Bertz CT molecular complexity index is 907. The lowest BCUT2D eigenvalue weighted by Gasteiger charge is -2.25. The van der Waals surface area contributed by atoms with Crippen molar-refractivity contribution in [2.75, 3.05) is 35.4 Å². The summed E-state index contributed by atoms with van der Waals surface area (Å²) in [7, 11) is 0. The SMILES string of the molecule is CCCCSCCOc1ccc(OC(=O)[C@H]2CC[C@H](C(=O)Oc3ccc(SCCSCCCC)cc3)CC2)cc1. The Morgan fingerprint density at radius 1 is 0.650 bits per heavy atom. The molecule has 40 heavy (non-hydrogen) atoms. The number of unbranched alkanes of at least 4 members (excludes halogenated alkanes) is 2. The van der Waals surface area contributed by atoms with Gasteiger partial charge in [-0.15, -0.1) is 11.8 Å². The van der Waals surface area contributed by atoms with E-state index in [0.717, 1.165) is 23.0 Å². The van der Waals surface area contributed by atoms with Gasteiger partial charge in [0.2, 0.25) is 0 Å². The van der Waals surface area contributed by atoms with E-state index in [1.165, 1.54) is 42.1 Å². The van der Waals surface area contributed by atoms with Gasteiger partial charge in [0.25, 0.3) is 0 Å². The summed E-state index contributed by atoms with van der Waals surface area (Å²) in [6, 6.07) is 15.0. The fourth-order valence-corrected chi connectivity index (χ4v) is 7.27. The van der Waals surface area contributed by atoms with Crippen LogP contribution in [0.1, 0.15) is 65.2 Å². The molecule has 0 spiro atoms. The molecular formula is C32H44O5S3. The molecule has 1 fully saturated rings. The predicted octanol–water partition coefficient (Wildman–Crippen LogP) is 8.54. The van der Waals surface area contributed by atoms with Crippen LogP contribution in [0.5, 0.6) is 17.2 Å². The van der Waals surface area contributed by atoms with Crippen molar-refractivity contribution in [2.45, 2.75) is 70.1 Å². The van der Waals surface area contributed by atoms with Gasteiger partial charge in [-0.05, 0) is 98.6 Å². The van der Waals surface area contributed by atoms with Crippen molar-refractivity contribution in [1.29, 1.82) is 0 Å². The van der Waals surface area contributed by atoms with Crippen LogP contribution >= 0.6 is 35.3 Å². The molecule has 0 amide bonds. The van der Waals surface area contributed by atoms with E-state index in [2.05, 4.69) is 13.8 Å². The quantitative estimate of drug-likeness (QED) is 0.0726. The highest BCUT2D eigenvalue weighted by molar-refractivity contribution is 8.03. The Morgan fingerprint density at radius 3 is 1.65 bits per heavy atom. The van der Waals surface area contributed by atoms with Crippen molar-refractivity contribution in [3.63, 3.8) is 0 Å². The van der Waals surface area contributed by atoms with Crippen LogP contribution in [-0.2, 0) is 9.59 Å². The molecule has 2 aromatic rings. The molecule has 0 aromatic heterocycles. The fraction of sp³-hybridized carbons (Fsp3) is 0.562. The number of benzene rings is 2. The van der Waals surface area contributed by atoms with E-state index < -0.39 is 0 Å². The third-order valence-electron chi connectivity index (χ3n) is 6.76. The Hall–Kier alpha value is -1.77. The number of carbonyl (C=O) groups is 2. The average molecular weight is 605 g/mol. The minimum absolute atomic E-state index is 0.185. The second kappa shape index (κ2) is 19.4. The van der Waals surface area contributed by atoms with E-state index in [0.29, 0.717) is 43.8 Å². The summed E-state index contributed by atoms with van der Waals surface area (Å²) < 4.78 is 17.0. The lowest BCUT2D eigenvalue weighted by atomic mass is 9.82. The van der Waals surface area contributed by atoms with Gasteiger partial charge >= 0.3 is 11.9 Å². The zero-order valence-corrected chi connectivity index (χ0v) is 26.4.